The monoisotopic (exact) mass is 317 g/mol. The molecule has 1 aliphatic heterocycles. The third-order valence-corrected chi connectivity index (χ3v) is 4.72. The summed E-state index contributed by atoms with van der Waals surface area (Å²) in [5, 5.41) is 5.50. The molecule has 2 heterocycles. The Balaban J connectivity index is 1.60. The Morgan fingerprint density at radius 1 is 1.36 bits per heavy atom. The number of benzene rings is 1. The third kappa shape index (κ3) is 3.71. The number of halogens is 1. The average Bonchev–Trinajstić information content (AvgIpc) is 2.98. The zero-order valence-electron chi connectivity index (χ0n) is 13.2. The highest BCUT2D eigenvalue weighted by Gasteiger charge is 2.21. The lowest BCUT2D eigenvalue weighted by atomic mass is 10.1. The molecule has 3 nitrogen and oxygen atoms in total. The van der Waals surface area contributed by atoms with E-state index in [0.29, 0.717) is 0 Å². The number of likely N-dealkylation sites (tertiary alicyclic amines) is 1. The van der Waals surface area contributed by atoms with E-state index in [1.165, 1.54) is 38.9 Å². The fraction of sp³-hybridized carbons (Fsp3) is 0.500. The molecule has 2 aromatic rings. The molecular formula is C18H24ClN3. The molecule has 4 heteroatoms. The topological polar surface area (TPSA) is 28.2 Å². The van der Waals surface area contributed by atoms with Gasteiger partial charge < -0.3 is 10.2 Å². The highest BCUT2D eigenvalue weighted by Crippen LogP contribution is 2.25. The van der Waals surface area contributed by atoms with Crippen molar-refractivity contribution in [3.63, 3.8) is 0 Å². The van der Waals surface area contributed by atoms with Gasteiger partial charge in [0.15, 0.2) is 0 Å². The molecule has 22 heavy (non-hydrogen) atoms. The minimum atomic E-state index is 0.736. The van der Waals surface area contributed by atoms with Crippen LogP contribution in [0, 0.1) is 5.92 Å². The van der Waals surface area contributed by atoms with E-state index < -0.39 is 0 Å². The average molecular weight is 318 g/mol. The fourth-order valence-electron chi connectivity index (χ4n) is 3.19. The SMILES string of the molecule is CCCCN1CC[C@H](CNc2ccnc3cc(Cl)ccc23)C1. The highest BCUT2D eigenvalue weighted by atomic mass is 35.5. The van der Waals surface area contributed by atoms with E-state index in [1.807, 2.05) is 18.3 Å². The zero-order valence-corrected chi connectivity index (χ0v) is 13.9. The summed E-state index contributed by atoms with van der Waals surface area (Å²) in [5.74, 6) is 0.743. The van der Waals surface area contributed by atoms with Crippen LogP contribution in [0.1, 0.15) is 26.2 Å². The molecule has 0 saturated carbocycles. The van der Waals surface area contributed by atoms with E-state index >= 15 is 0 Å². The zero-order chi connectivity index (χ0) is 15.4. The van der Waals surface area contributed by atoms with Gasteiger partial charge in [-0.2, -0.15) is 0 Å². The van der Waals surface area contributed by atoms with E-state index in [0.717, 1.165) is 34.1 Å². The van der Waals surface area contributed by atoms with Crippen LogP contribution in [0.4, 0.5) is 5.69 Å². The number of pyridine rings is 1. The summed E-state index contributed by atoms with van der Waals surface area (Å²) in [5.41, 5.74) is 2.11. The van der Waals surface area contributed by atoms with Crippen molar-refractivity contribution >= 4 is 28.2 Å². The number of hydrogen-bond donors (Lipinski definition) is 1. The van der Waals surface area contributed by atoms with Gasteiger partial charge >= 0.3 is 0 Å². The first kappa shape index (κ1) is 15.6. The Morgan fingerprint density at radius 2 is 2.27 bits per heavy atom. The van der Waals surface area contributed by atoms with Crippen molar-refractivity contribution in [1.82, 2.24) is 9.88 Å². The first-order valence-corrected chi connectivity index (χ1v) is 8.64. The summed E-state index contributed by atoms with van der Waals surface area (Å²) < 4.78 is 0. The maximum absolute atomic E-state index is 6.04. The number of hydrogen-bond acceptors (Lipinski definition) is 3. The molecule has 3 rings (SSSR count). The van der Waals surface area contributed by atoms with Gasteiger partial charge in [0.05, 0.1) is 5.52 Å². The van der Waals surface area contributed by atoms with Gasteiger partial charge in [0.1, 0.15) is 0 Å². The Hall–Kier alpha value is -1.32. The Bertz CT molecular complexity index is 629. The Labute approximate surface area is 137 Å². The lowest BCUT2D eigenvalue weighted by Gasteiger charge is -2.16. The van der Waals surface area contributed by atoms with E-state index in [1.54, 1.807) is 0 Å². The quantitative estimate of drug-likeness (QED) is 0.854. The fourth-order valence-corrected chi connectivity index (χ4v) is 3.36. The van der Waals surface area contributed by atoms with Gasteiger partial charge in [-0.05, 0) is 56.1 Å². The van der Waals surface area contributed by atoms with Crippen LogP contribution in [0.3, 0.4) is 0 Å². The molecule has 0 spiro atoms. The molecule has 1 atom stereocenters. The molecule has 1 aromatic carbocycles. The first-order valence-electron chi connectivity index (χ1n) is 8.26. The molecule has 1 aromatic heterocycles. The number of aromatic nitrogens is 1. The number of nitrogens with one attached hydrogen (secondary N) is 1. The molecule has 1 N–H and O–H groups in total. The van der Waals surface area contributed by atoms with Crippen molar-refractivity contribution in [1.29, 1.82) is 0 Å². The minimum Gasteiger partial charge on any atom is -0.384 e. The van der Waals surface area contributed by atoms with Crippen molar-refractivity contribution in [2.75, 3.05) is 31.5 Å². The summed E-state index contributed by atoms with van der Waals surface area (Å²) >= 11 is 6.04. The molecule has 0 radical (unpaired) electrons. The maximum Gasteiger partial charge on any atom is 0.0737 e. The van der Waals surface area contributed by atoms with Crippen LogP contribution in [-0.2, 0) is 0 Å². The van der Waals surface area contributed by atoms with E-state index in [2.05, 4.69) is 34.3 Å². The molecular weight excluding hydrogens is 294 g/mol. The summed E-state index contributed by atoms with van der Waals surface area (Å²) in [6.07, 6.45) is 5.75. The molecule has 118 valence electrons. The van der Waals surface area contributed by atoms with Gasteiger partial charge in [-0.15, -0.1) is 0 Å². The van der Waals surface area contributed by atoms with Crippen molar-refractivity contribution < 1.29 is 0 Å². The van der Waals surface area contributed by atoms with Crippen LogP contribution in [0.25, 0.3) is 10.9 Å². The number of anilines is 1. The van der Waals surface area contributed by atoms with Gasteiger partial charge in [-0.1, -0.05) is 24.9 Å². The normalized spacial score (nSPS) is 18.9. The van der Waals surface area contributed by atoms with E-state index in [4.69, 9.17) is 11.6 Å². The predicted octanol–water partition coefficient (Wildman–Crippen LogP) is 4.42. The summed E-state index contributed by atoms with van der Waals surface area (Å²) in [6, 6.07) is 7.96. The standard InChI is InChI=1S/C18H24ClN3/c1-2-3-9-22-10-7-14(13-22)12-21-17-6-8-20-18-11-15(19)4-5-16(17)18/h4-6,8,11,14H,2-3,7,9-10,12-13H2,1H3,(H,20,21)/t14-/m1/s1. The summed E-state index contributed by atoms with van der Waals surface area (Å²) in [6.45, 7) is 7.02. The molecule has 1 saturated heterocycles. The maximum atomic E-state index is 6.04. The second kappa shape index (κ2) is 7.30. The van der Waals surface area contributed by atoms with Crippen LogP contribution >= 0.6 is 11.6 Å². The third-order valence-electron chi connectivity index (χ3n) is 4.48. The molecule has 0 bridgehead atoms. The van der Waals surface area contributed by atoms with Crippen molar-refractivity contribution in [3.05, 3.63) is 35.5 Å². The molecule has 0 unspecified atom stereocenters. The molecule has 1 aliphatic rings. The van der Waals surface area contributed by atoms with Gasteiger partial charge in [-0.3, -0.25) is 4.98 Å². The van der Waals surface area contributed by atoms with Crippen LogP contribution in [-0.4, -0.2) is 36.1 Å². The van der Waals surface area contributed by atoms with Gasteiger partial charge in [0, 0.05) is 35.4 Å². The number of unbranched alkanes of at least 4 members (excludes halogenated alkanes) is 1. The van der Waals surface area contributed by atoms with Crippen LogP contribution in [0.5, 0.6) is 0 Å². The van der Waals surface area contributed by atoms with Crippen molar-refractivity contribution in [3.8, 4) is 0 Å². The lowest BCUT2D eigenvalue weighted by molar-refractivity contribution is 0.320. The number of fused-ring (bicyclic) bond motifs is 1. The Kier molecular flexibility index (Phi) is 5.16. The van der Waals surface area contributed by atoms with Crippen molar-refractivity contribution in [2.24, 2.45) is 5.92 Å². The Morgan fingerprint density at radius 3 is 3.14 bits per heavy atom. The minimum absolute atomic E-state index is 0.736. The predicted molar refractivity (Wildman–Crippen MR) is 94.7 cm³/mol. The highest BCUT2D eigenvalue weighted by molar-refractivity contribution is 6.31. The lowest BCUT2D eigenvalue weighted by Crippen LogP contribution is -2.24. The van der Waals surface area contributed by atoms with E-state index in [9.17, 15) is 0 Å². The van der Waals surface area contributed by atoms with Crippen molar-refractivity contribution in [2.45, 2.75) is 26.2 Å². The molecule has 0 amide bonds. The van der Waals surface area contributed by atoms with Gasteiger partial charge in [-0.25, -0.2) is 0 Å². The number of nitrogens with zero attached hydrogens (tertiary/aromatic N) is 2. The second-order valence-electron chi connectivity index (χ2n) is 6.21. The van der Waals surface area contributed by atoms with E-state index in [-0.39, 0.29) is 0 Å². The molecule has 0 aliphatic carbocycles. The van der Waals surface area contributed by atoms with Crippen LogP contribution in [0.15, 0.2) is 30.5 Å². The molecule has 1 fully saturated rings. The van der Waals surface area contributed by atoms with Gasteiger partial charge in [0.25, 0.3) is 0 Å². The smallest absolute Gasteiger partial charge is 0.0737 e. The largest absolute Gasteiger partial charge is 0.384 e. The summed E-state index contributed by atoms with van der Waals surface area (Å²) in [7, 11) is 0. The second-order valence-corrected chi connectivity index (χ2v) is 6.65. The van der Waals surface area contributed by atoms with Crippen LogP contribution in [0.2, 0.25) is 5.02 Å². The van der Waals surface area contributed by atoms with Crippen LogP contribution < -0.4 is 5.32 Å². The first-order chi connectivity index (χ1) is 10.8. The van der Waals surface area contributed by atoms with Gasteiger partial charge in [0.2, 0.25) is 0 Å². The number of rotatable bonds is 6. The summed E-state index contributed by atoms with van der Waals surface area (Å²) in [4.78, 5) is 6.99.